The second-order valence-electron chi connectivity index (χ2n) is 7.80. The van der Waals surface area contributed by atoms with Gasteiger partial charge in [0.1, 0.15) is 11.5 Å². The number of aryl methyl sites for hydroxylation is 1. The SMILES string of the molecule is Cc1ccc(N2C(=O)/C(=C/c3ccc(-c4ccc(Br)cc4)o3)C=C2c2ccccc2)c(Br)c1. The Labute approximate surface area is 209 Å². The summed E-state index contributed by atoms with van der Waals surface area (Å²) in [5, 5.41) is 0. The van der Waals surface area contributed by atoms with E-state index in [0.29, 0.717) is 11.3 Å². The van der Waals surface area contributed by atoms with E-state index in [0.717, 1.165) is 42.8 Å². The van der Waals surface area contributed by atoms with Crippen molar-refractivity contribution in [1.82, 2.24) is 0 Å². The van der Waals surface area contributed by atoms with Gasteiger partial charge in [0.15, 0.2) is 0 Å². The first-order valence-corrected chi connectivity index (χ1v) is 12.0. The van der Waals surface area contributed by atoms with Crippen molar-refractivity contribution in [2.24, 2.45) is 0 Å². The minimum Gasteiger partial charge on any atom is -0.457 e. The minimum atomic E-state index is -0.0972. The highest BCUT2D eigenvalue weighted by Crippen LogP contribution is 2.39. The Kier molecular flexibility index (Phi) is 5.92. The maximum absolute atomic E-state index is 13.6. The van der Waals surface area contributed by atoms with Crippen molar-refractivity contribution in [2.45, 2.75) is 6.92 Å². The Morgan fingerprint density at radius 3 is 2.33 bits per heavy atom. The van der Waals surface area contributed by atoms with Crippen molar-refractivity contribution >= 4 is 55.2 Å². The summed E-state index contributed by atoms with van der Waals surface area (Å²) < 4.78 is 7.92. The van der Waals surface area contributed by atoms with Crippen LogP contribution in [0, 0.1) is 6.92 Å². The third-order valence-corrected chi connectivity index (χ3v) is 6.61. The number of anilines is 1. The van der Waals surface area contributed by atoms with Gasteiger partial charge in [-0.15, -0.1) is 0 Å². The average Bonchev–Trinajstić information content (AvgIpc) is 3.40. The predicted molar refractivity (Wildman–Crippen MR) is 141 cm³/mol. The summed E-state index contributed by atoms with van der Waals surface area (Å²) in [7, 11) is 0. The molecule has 2 heterocycles. The highest BCUT2D eigenvalue weighted by molar-refractivity contribution is 9.10. The van der Waals surface area contributed by atoms with Crippen LogP contribution in [0.25, 0.3) is 23.1 Å². The zero-order valence-corrected chi connectivity index (χ0v) is 20.9. The standard InChI is InChI=1S/C28H19Br2NO2/c1-18-7-13-25(24(30)15-18)31-26(19-5-3-2-4-6-19)17-21(28(31)32)16-23-12-14-27(33-23)20-8-10-22(29)11-9-20/h2-17H,1H3/b21-16+. The van der Waals surface area contributed by atoms with Crippen LogP contribution in [0.4, 0.5) is 5.69 Å². The molecule has 0 bridgehead atoms. The summed E-state index contributed by atoms with van der Waals surface area (Å²) in [6, 6.07) is 27.7. The molecule has 1 aromatic heterocycles. The van der Waals surface area contributed by atoms with E-state index in [1.807, 2.05) is 97.9 Å². The summed E-state index contributed by atoms with van der Waals surface area (Å²) in [5.41, 5.74) is 5.27. The second-order valence-corrected chi connectivity index (χ2v) is 9.57. The Bertz CT molecular complexity index is 1400. The van der Waals surface area contributed by atoms with Gasteiger partial charge in [-0.3, -0.25) is 9.69 Å². The van der Waals surface area contributed by atoms with Gasteiger partial charge in [0.2, 0.25) is 0 Å². The highest BCUT2D eigenvalue weighted by Gasteiger charge is 2.31. The molecule has 0 spiro atoms. The van der Waals surface area contributed by atoms with E-state index in [9.17, 15) is 4.79 Å². The summed E-state index contributed by atoms with van der Waals surface area (Å²) in [4.78, 5) is 15.3. The van der Waals surface area contributed by atoms with Gasteiger partial charge in [0.05, 0.1) is 11.4 Å². The van der Waals surface area contributed by atoms with Crippen molar-refractivity contribution in [3.8, 4) is 11.3 Å². The van der Waals surface area contributed by atoms with Crippen molar-refractivity contribution < 1.29 is 9.21 Å². The van der Waals surface area contributed by atoms with E-state index in [4.69, 9.17) is 4.42 Å². The van der Waals surface area contributed by atoms with Crippen LogP contribution in [0.1, 0.15) is 16.9 Å². The van der Waals surface area contributed by atoms with Gasteiger partial charge in [-0.25, -0.2) is 0 Å². The number of halogens is 2. The molecule has 162 valence electrons. The molecule has 0 fully saturated rings. The van der Waals surface area contributed by atoms with Crippen LogP contribution in [0.15, 0.2) is 110 Å². The fourth-order valence-corrected chi connectivity index (χ4v) is 4.76. The Morgan fingerprint density at radius 2 is 1.61 bits per heavy atom. The normalized spacial score (nSPS) is 14.8. The molecule has 0 aliphatic carbocycles. The molecule has 0 atom stereocenters. The summed E-state index contributed by atoms with van der Waals surface area (Å²) in [6.07, 6.45) is 3.72. The molecule has 5 rings (SSSR count). The Hall–Kier alpha value is -3.15. The zero-order chi connectivity index (χ0) is 22.9. The number of carbonyl (C=O) groups excluding carboxylic acids is 1. The molecule has 0 radical (unpaired) electrons. The molecule has 0 saturated heterocycles. The lowest BCUT2D eigenvalue weighted by atomic mass is 10.1. The van der Waals surface area contributed by atoms with E-state index >= 15 is 0 Å². The quantitative estimate of drug-likeness (QED) is 0.235. The second kappa shape index (κ2) is 9.00. The smallest absolute Gasteiger partial charge is 0.263 e. The molecule has 0 N–H and O–H groups in total. The molecule has 5 heteroatoms. The van der Waals surface area contributed by atoms with Gasteiger partial charge in [-0.1, -0.05) is 64.5 Å². The van der Waals surface area contributed by atoms with E-state index in [1.54, 1.807) is 11.0 Å². The molecule has 0 saturated carbocycles. The van der Waals surface area contributed by atoms with E-state index < -0.39 is 0 Å². The predicted octanol–water partition coefficient (Wildman–Crippen LogP) is 8.25. The number of hydrogen-bond acceptors (Lipinski definition) is 2. The summed E-state index contributed by atoms with van der Waals surface area (Å²) in [6.45, 7) is 2.03. The van der Waals surface area contributed by atoms with Gasteiger partial charge in [-0.05, 0) is 82.5 Å². The van der Waals surface area contributed by atoms with Gasteiger partial charge in [-0.2, -0.15) is 0 Å². The van der Waals surface area contributed by atoms with Crippen LogP contribution in [-0.4, -0.2) is 5.91 Å². The lowest BCUT2D eigenvalue weighted by molar-refractivity contribution is -0.113. The van der Waals surface area contributed by atoms with Gasteiger partial charge in [0.25, 0.3) is 5.91 Å². The number of nitrogens with zero attached hydrogens (tertiary/aromatic N) is 1. The number of rotatable bonds is 4. The molecule has 1 aliphatic rings. The van der Waals surface area contributed by atoms with Gasteiger partial charge >= 0.3 is 0 Å². The third-order valence-electron chi connectivity index (χ3n) is 5.45. The fourth-order valence-electron chi connectivity index (χ4n) is 3.82. The Morgan fingerprint density at radius 1 is 0.848 bits per heavy atom. The molecular weight excluding hydrogens is 542 g/mol. The minimum absolute atomic E-state index is 0.0972. The maximum atomic E-state index is 13.6. The molecule has 0 unspecified atom stereocenters. The molecule has 4 aromatic rings. The molecule has 3 aromatic carbocycles. The number of furan rings is 1. The molecular formula is C28H19Br2NO2. The van der Waals surface area contributed by atoms with Crippen molar-refractivity contribution in [2.75, 3.05) is 4.90 Å². The van der Waals surface area contributed by atoms with Crippen LogP contribution in [0.2, 0.25) is 0 Å². The van der Waals surface area contributed by atoms with Crippen molar-refractivity contribution in [3.63, 3.8) is 0 Å². The molecule has 1 amide bonds. The number of amides is 1. The van der Waals surface area contributed by atoms with Gasteiger partial charge < -0.3 is 4.42 Å². The van der Waals surface area contributed by atoms with Crippen LogP contribution in [-0.2, 0) is 4.79 Å². The molecule has 33 heavy (non-hydrogen) atoms. The first-order chi connectivity index (χ1) is 16.0. The van der Waals surface area contributed by atoms with Crippen LogP contribution < -0.4 is 4.90 Å². The van der Waals surface area contributed by atoms with E-state index in [1.165, 1.54) is 0 Å². The number of benzene rings is 3. The van der Waals surface area contributed by atoms with Crippen LogP contribution in [0.5, 0.6) is 0 Å². The largest absolute Gasteiger partial charge is 0.457 e. The fraction of sp³-hybridized carbons (Fsp3) is 0.0357. The van der Waals surface area contributed by atoms with Crippen LogP contribution >= 0.6 is 31.9 Å². The maximum Gasteiger partial charge on any atom is 0.263 e. The van der Waals surface area contributed by atoms with E-state index in [-0.39, 0.29) is 5.91 Å². The summed E-state index contributed by atoms with van der Waals surface area (Å²) in [5.74, 6) is 1.29. The van der Waals surface area contributed by atoms with Crippen molar-refractivity contribution in [3.05, 3.63) is 122 Å². The van der Waals surface area contributed by atoms with Crippen molar-refractivity contribution in [1.29, 1.82) is 0 Å². The highest BCUT2D eigenvalue weighted by atomic mass is 79.9. The van der Waals surface area contributed by atoms with Crippen LogP contribution in [0.3, 0.4) is 0 Å². The van der Waals surface area contributed by atoms with Gasteiger partial charge in [0, 0.05) is 20.1 Å². The lowest BCUT2D eigenvalue weighted by Gasteiger charge is -2.22. The molecule has 1 aliphatic heterocycles. The average molecular weight is 561 g/mol. The lowest BCUT2D eigenvalue weighted by Crippen LogP contribution is -2.25. The topological polar surface area (TPSA) is 33.5 Å². The zero-order valence-electron chi connectivity index (χ0n) is 17.8. The summed E-state index contributed by atoms with van der Waals surface area (Å²) >= 11 is 7.10. The third kappa shape index (κ3) is 4.39. The Balaban J connectivity index is 1.56. The monoisotopic (exact) mass is 559 g/mol. The first-order valence-electron chi connectivity index (χ1n) is 10.4. The number of hydrogen-bond donors (Lipinski definition) is 0. The van der Waals surface area contributed by atoms with E-state index in [2.05, 4.69) is 31.9 Å². The molecule has 3 nitrogen and oxygen atoms in total. The number of carbonyl (C=O) groups is 1. The first kappa shape index (κ1) is 21.7.